The molecule has 2 N–H and O–H groups in total. The van der Waals surface area contributed by atoms with Gasteiger partial charge in [0.2, 0.25) is 10.0 Å². The Morgan fingerprint density at radius 1 is 1.08 bits per heavy atom. The highest BCUT2D eigenvalue weighted by Gasteiger charge is 2.29. The fourth-order valence-electron chi connectivity index (χ4n) is 3.37. The second kappa shape index (κ2) is 7.84. The molecule has 0 bridgehead atoms. The average molecular weight is 400 g/mol. The van der Waals surface area contributed by atoms with E-state index in [9.17, 15) is 18.0 Å². The van der Waals surface area contributed by atoms with Gasteiger partial charge in [0.15, 0.2) is 0 Å². The first-order chi connectivity index (χ1) is 12.4. The van der Waals surface area contributed by atoms with E-state index in [1.54, 1.807) is 6.07 Å². The minimum absolute atomic E-state index is 0.0419. The zero-order chi connectivity index (χ0) is 18.7. The predicted octanol–water partition coefficient (Wildman–Crippen LogP) is 2.27. The summed E-state index contributed by atoms with van der Waals surface area (Å²) in [5.74, 6) is -1.34. The summed E-state index contributed by atoms with van der Waals surface area (Å²) in [4.78, 5) is 24.1. The lowest BCUT2D eigenvalue weighted by molar-refractivity contribution is -0.136. The number of sulfonamides is 1. The highest BCUT2D eigenvalue weighted by atomic mass is 35.5. The summed E-state index contributed by atoms with van der Waals surface area (Å²) in [6.07, 6.45) is 5.61. The molecule has 142 valence electrons. The molecule has 1 saturated heterocycles. The molecule has 0 atom stereocenters. The van der Waals surface area contributed by atoms with Crippen LogP contribution >= 0.6 is 11.6 Å². The van der Waals surface area contributed by atoms with Gasteiger partial charge in [-0.05, 0) is 37.5 Å². The van der Waals surface area contributed by atoms with Crippen LogP contribution in [-0.4, -0.2) is 38.6 Å². The maximum Gasteiger partial charge on any atom is 0.313 e. The molecule has 2 fully saturated rings. The predicted molar refractivity (Wildman–Crippen MR) is 101 cm³/mol. The topological polar surface area (TPSA) is 95.6 Å². The Bertz CT molecular complexity index is 806. The van der Waals surface area contributed by atoms with E-state index < -0.39 is 21.8 Å². The van der Waals surface area contributed by atoms with Gasteiger partial charge in [-0.1, -0.05) is 30.9 Å². The molecule has 3 rings (SSSR count). The summed E-state index contributed by atoms with van der Waals surface area (Å²) in [6, 6.07) is 4.61. The number of carbonyl (C=O) groups is 2. The van der Waals surface area contributed by atoms with Gasteiger partial charge in [0.25, 0.3) is 0 Å². The number of hydrogen-bond donors (Lipinski definition) is 2. The molecule has 1 aliphatic carbocycles. The highest BCUT2D eigenvalue weighted by molar-refractivity contribution is 7.93. The smallest absolute Gasteiger partial charge is 0.313 e. The molecule has 7 nitrogen and oxygen atoms in total. The molecule has 1 aliphatic heterocycles. The Labute approximate surface area is 158 Å². The molecule has 0 radical (unpaired) electrons. The number of nitrogens with one attached hydrogen (secondary N) is 2. The van der Waals surface area contributed by atoms with Gasteiger partial charge in [-0.15, -0.1) is 0 Å². The summed E-state index contributed by atoms with van der Waals surface area (Å²) in [5, 5.41) is 5.41. The Morgan fingerprint density at radius 2 is 1.81 bits per heavy atom. The van der Waals surface area contributed by atoms with Crippen LogP contribution in [0, 0.1) is 0 Å². The second-order valence-electron chi connectivity index (χ2n) is 6.67. The molecule has 0 aromatic heterocycles. The van der Waals surface area contributed by atoms with E-state index in [2.05, 4.69) is 10.6 Å². The van der Waals surface area contributed by atoms with Gasteiger partial charge in [0.1, 0.15) is 0 Å². The SMILES string of the molecule is O=C(Nc1ccc(N2CCCS2(=O)=O)cc1Cl)C(=O)NC1CCCCC1. The molecule has 2 aliphatic rings. The molecule has 1 aromatic rings. The standard InChI is InChI=1S/C17H22ClN3O4S/c18-14-11-13(21-9-4-10-26(21,24)25)7-8-15(14)20-17(23)16(22)19-12-5-2-1-3-6-12/h7-8,11-12H,1-6,9-10H2,(H,19,22)(H,20,23). The zero-order valence-corrected chi connectivity index (χ0v) is 15.9. The van der Waals surface area contributed by atoms with Crippen LogP contribution in [-0.2, 0) is 19.6 Å². The first-order valence-electron chi connectivity index (χ1n) is 8.78. The van der Waals surface area contributed by atoms with Crippen LogP contribution in [0.3, 0.4) is 0 Å². The fraction of sp³-hybridized carbons (Fsp3) is 0.529. The van der Waals surface area contributed by atoms with E-state index in [4.69, 9.17) is 11.6 Å². The number of benzene rings is 1. The third-order valence-electron chi connectivity index (χ3n) is 4.73. The summed E-state index contributed by atoms with van der Waals surface area (Å²) in [6.45, 7) is 0.411. The molecule has 1 saturated carbocycles. The van der Waals surface area contributed by atoms with Crippen molar-refractivity contribution in [2.24, 2.45) is 0 Å². The van der Waals surface area contributed by atoms with Crippen LogP contribution in [0.25, 0.3) is 0 Å². The Balaban J connectivity index is 1.64. The van der Waals surface area contributed by atoms with Crippen molar-refractivity contribution in [3.05, 3.63) is 23.2 Å². The normalized spacial score (nSPS) is 20.0. The molecule has 1 heterocycles. The maximum atomic E-state index is 12.1. The number of carbonyl (C=O) groups excluding carboxylic acids is 2. The van der Waals surface area contributed by atoms with E-state index in [0.29, 0.717) is 18.7 Å². The van der Waals surface area contributed by atoms with Crippen LogP contribution in [0.5, 0.6) is 0 Å². The van der Waals surface area contributed by atoms with Crippen molar-refractivity contribution in [3.63, 3.8) is 0 Å². The van der Waals surface area contributed by atoms with Crippen LogP contribution < -0.4 is 14.9 Å². The van der Waals surface area contributed by atoms with Gasteiger partial charge in [-0.2, -0.15) is 0 Å². The fourth-order valence-corrected chi connectivity index (χ4v) is 5.15. The number of hydrogen-bond acceptors (Lipinski definition) is 4. The quantitative estimate of drug-likeness (QED) is 0.762. The highest BCUT2D eigenvalue weighted by Crippen LogP contribution is 2.31. The lowest BCUT2D eigenvalue weighted by Gasteiger charge is -2.22. The van der Waals surface area contributed by atoms with Gasteiger partial charge in [-0.3, -0.25) is 13.9 Å². The number of amides is 2. The van der Waals surface area contributed by atoms with Gasteiger partial charge in [-0.25, -0.2) is 8.42 Å². The monoisotopic (exact) mass is 399 g/mol. The Hall–Kier alpha value is -1.80. The minimum atomic E-state index is -3.30. The van der Waals surface area contributed by atoms with Gasteiger partial charge in [0.05, 0.1) is 22.2 Å². The molecule has 26 heavy (non-hydrogen) atoms. The minimum Gasteiger partial charge on any atom is -0.345 e. The first-order valence-corrected chi connectivity index (χ1v) is 10.8. The molecule has 0 unspecified atom stereocenters. The van der Waals surface area contributed by atoms with Crippen LogP contribution in [0.4, 0.5) is 11.4 Å². The molecular weight excluding hydrogens is 378 g/mol. The molecule has 0 spiro atoms. The third kappa shape index (κ3) is 4.29. The number of halogens is 1. The zero-order valence-electron chi connectivity index (χ0n) is 14.3. The first kappa shape index (κ1) is 19.0. The van der Waals surface area contributed by atoms with Crippen molar-refractivity contribution < 1.29 is 18.0 Å². The summed E-state index contributed by atoms with van der Waals surface area (Å²) in [5.41, 5.74) is 0.730. The van der Waals surface area contributed by atoms with Crippen molar-refractivity contribution in [2.45, 2.75) is 44.6 Å². The van der Waals surface area contributed by atoms with Gasteiger partial charge >= 0.3 is 11.8 Å². The van der Waals surface area contributed by atoms with Crippen LogP contribution in [0.15, 0.2) is 18.2 Å². The second-order valence-corrected chi connectivity index (χ2v) is 9.09. The van der Waals surface area contributed by atoms with E-state index in [-0.39, 0.29) is 22.5 Å². The number of anilines is 2. The molecule has 9 heteroatoms. The lowest BCUT2D eigenvalue weighted by atomic mass is 9.95. The average Bonchev–Trinajstić information content (AvgIpc) is 2.96. The number of rotatable bonds is 3. The molecular formula is C17H22ClN3O4S. The van der Waals surface area contributed by atoms with Gasteiger partial charge < -0.3 is 10.6 Å². The maximum absolute atomic E-state index is 12.1. The van der Waals surface area contributed by atoms with E-state index >= 15 is 0 Å². The Kier molecular flexibility index (Phi) is 5.72. The summed E-state index contributed by atoms with van der Waals surface area (Å²) < 4.78 is 25.3. The van der Waals surface area contributed by atoms with Gasteiger partial charge in [0, 0.05) is 12.6 Å². The van der Waals surface area contributed by atoms with Crippen molar-refractivity contribution in [3.8, 4) is 0 Å². The van der Waals surface area contributed by atoms with Crippen LogP contribution in [0.2, 0.25) is 5.02 Å². The molecule has 1 aromatic carbocycles. The van der Waals surface area contributed by atoms with Crippen molar-refractivity contribution >= 4 is 44.8 Å². The van der Waals surface area contributed by atoms with Crippen molar-refractivity contribution in [1.82, 2.24) is 5.32 Å². The lowest BCUT2D eigenvalue weighted by Crippen LogP contribution is -2.42. The molecule has 2 amide bonds. The number of nitrogens with zero attached hydrogens (tertiary/aromatic N) is 1. The summed E-state index contributed by atoms with van der Waals surface area (Å²) in [7, 11) is -3.30. The van der Waals surface area contributed by atoms with E-state index in [1.807, 2.05) is 0 Å². The largest absolute Gasteiger partial charge is 0.345 e. The third-order valence-corrected chi connectivity index (χ3v) is 6.92. The van der Waals surface area contributed by atoms with E-state index in [0.717, 1.165) is 32.1 Å². The van der Waals surface area contributed by atoms with E-state index in [1.165, 1.54) is 16.4 Å². The summed E-state index contributed by atoms with van der Waals surface area (Å²) >= 11 is 6.17. The van der Waals surface area contributed by atoms with Crippen molar-refractivity contribution in [1.29, 1.82) is 0 Å². The van der Waals surface area contributed by atoms with Crippen molar-refractivity contribution in [2.75, 3.05) is 21.9 Å². The van der Waals surface area contributed by atoms with Crippen LogP contribution in [0.1, 0.15) is 38.5 Å². The Morgan fingerprint density at radius 3 is 2.42 bits per heavy atom.